The van der Waals surface area contributed by atoms with E-state index in [4.69, 9.17) is 4.74 Å². The standard InChI is InChI=1S/C11H11BrF2O/c1-6-4-8-5-7(10(12)11(13)14)2-3-9(8)15-6/h2-3,5-6,10-11H,4H2,1H3. The van der Waals surface area contributed by atoms with E-state index in [2.05, 4.69) is 15.9 Å². The first-order valence-electron chi connectivity index (χ1n) is 4.79. The van der Waals surface area contributed by atoms with E-state index in [1.54, 1.807) is 18.2 Å². The molecule has 0 saturated carbocycles. The van der Waals surface area contributed by atoms with Crippen LogP contribution in [0.4, 0.5) is 8.78 Å². The Balaban J connectivity index is 2.27. The first kappa shape index (κ1) is 10.9. The second kappa shape index (κ2) is 4.08. The van der Waals surface area contributed by atoms with Gasteiger partial charge in [-0.2, -0.15) is 0 Å². The highest BCUT2D eigenvalue weighted by atomic mass is 79.9. The molecule has 2 rings (SSSR count). The Hall–Kier alpha value is -0.640. The number of alkyl halides is 3. The molecule has 0 N–H and O–H groups in total. The van der Waals surface area contributed by atoms with Gasteiger partial charge in [0.25, 0.3) is 6.43 Å². The number of benzene rings is 1. The number of ether oxygens (including phenoxy) is 1. The Morgan fingerprint density at radius 3 is 2.87 bits per heavy atom. The quantitative estimate of drug-likeness (QED) is 0.749. The van der Waals surface area contributed by atoms with E-state index < -0.39 is 11.3 Å². The van der Waals surface area contributed by atoms with Crippen LogP contribution in [0.1, 0.15) is 22.9 Å². The monoisotopic (exact) mass is 276 g/mol. The maximum absolute atomic E-state index is 12.5. The van der Waals surface area contributed by atoms with Crippen molar-refractivity contribution in [1.29, 1.82) is 0 Å². The van der Waals surface area contributed by atoms with Crippen molar-refractivity contribution < 1.29 is 13.5 Å². The van der Waals surface area contributed by atoms with Crippen LogP contribution in [0, 0.1) is 0 Å². The highest BCUT2D eigenvalue weighted by molar-refractivity contribution is 9.09. The molecule has 0 bridgehead atoms. The van der Waals surface area contributed by atoms with Gasteiger partial charge in [0.05, 0.1) is 0 Å². The van der Waals surface area contributed by atoms with Gasteiger partial charge in [-0.1, -0.05) is 28.1 Å². The molecule has 0 saturated heterocycles. The molecule has 0 aromatic heterocycles. The van der Waals surface area contributed by atoms with Gasteiger partial charge in [0, 0.05) is 6.42 Å². The molecule has 0 radical (unpaired) electrons. The molecule has 2 atom stereocenters. The SMILES string of the molecule is CC1Cc2cc(C(Br)C(F)F)ccc2O1. The fraction of sp³-hybridized carbons (Fsp3) is 0.455. The number of fused-ring (bicyclic) bond motifs is 1. The predicted octanol–water partition coefficient (Wildman–Crippen LogP) is 3.71. The van der Waals surface area contributed by atoms with Crippen LogP contribution in [0.2, 0.25) is 0 Å². The summed E-state index contributed by atoms with van der Waals surface area (Å²) in [5, 5.41) is 0. The van der Waals surface area contributed by atoms with Crippen molar-refractivity contribution in [3.63, 3.8) is 0 Å². The first-order chi connectivity index (χ1) is 7.08. The Bertz CT molecular complexity index is 368. The fourth-order valence-electron chi connectivity index (χ4n) is 1.76. The number of halogens is 3. The normalized spacial score (nSPS) is 21.3. The molecule has 1 aliphatic rings. The average Bonchev–Trinajstić information content (AvgIpc) is 2.55. The van der Waals surface area contributed by atoms with E-state index in [0.717, 1.165) is 17.7 Å². The molecule has 1 heterocycles. The molecule has 82 valence electrons. The van der Waals surface area contributed by atoms with Crippen LogP contribution < -0.4 is 4.74 Å². The maximum Gasteiger partial charge on any atom is 0.255 e. The second-order valence-electron chi connectivity index (χ2n) is 3.74. The Morgan fingerprint density at radius 1 is 1.47 bits per heavy atom. The van der Waals surface area contributed by atoms with Crippen LogP contribution in [0.5, 0.6) is 5.75 Å². The Kier molecular flexibility index (Phi) is 2.96. The number of hydrogen-bond donors (Lipinski definition) is 0. The van der Waals surface area contributed by atoms with Gasteiger partial charge in [0.1, 0.15) is 16.7 Å². The molecule has 0 spiro atoms. The summed E-state index contributed by atoms with van der Waals surface area (Å²) in [6.07, 6.45) is -1.44. The summed E-state index contributed by atoms with van der Waals surface area (Å²) in [6.45, 7) is 1.97. The van der Waals surface area contributed by atoms with Crippen molar-refractivity contribution in [1.82, 2.24) is 0 Å². The smallest absolute Gasteiger partial charge is 0.255 e. The summed E-state index contributed by atoms with van der Waals surface area (Å²) in [4.78, 5) is -0.890. The minimum atomic E-state index is -2.39. The lowest BCUT2D eigenvalue weighted by molar-refractivity contribution is 0.147. The third kappa shape index (κ3) is 2.14. The minimum absolute atomic E-state index is 0.149. The third-order valence-electron chi connectivity index (χ3n) is 2.46. The largest absolute Gasteiger partial charge is 0.490 e. The highest BCUT2D eigenvalue weighted by Gasteiger charge is 2.23. The molecular formula is C11H11BrF2O. The number of hydrogen-bond acceptors (Lipinski definition) is 1. The summed E-state index contributed by atoms with van der Waals surface area (Å²) >= 11 is 2.98. The third-order valence-corrected chi connectivity index (χ3v) is 3.39. The van der Waals surface area contributed by atoms with E-state index in [-0.39, 0.29) is 6.10 Å². The van der Waals surface area contributed by atoms with Crippen LogP contribution in [0.25, 0.3) is 0 Å². The lowest BCUT2D eigenvalue weighted by Gasteiger charge is -2.09. The van der Waals surface area contributed by atoms with Gasteiger partial charge in [0.15, 0.2) is 0 Å². The molecule has 0 aliphatic carbocycles. The molecule has 2 unspecified atom stereocenters. The van der Waals surface area contributed by atoms with Gasteiger partial charge in [-0.3, -0.25) is 0 Å². The molecule has 4 heteroatoms. The van der Waals surface area contributed by atoms with Gasteiger partial charge >= 0.3 is 0 Å². The maximum atomic E-state index is 12.5. The van der Waals surface area contributed by atoms with E-state index in [1.807, 2.05) is 6.92 Å². The second-order valence-corrected chi connectivity index (χ2v) is 4.72. The van der Waals surface area contributed by atoms with E-state index in [0.29, 0.717) is 5.56 Å². The zero-order valence-corrected chi connectivity index (χ0v) is 9.80. The summed E-state index contributed by atoms with van der Waals surface area (Å²) < 4.78 is 30.4. The Morgan fingerprint density at radius 2 is 2.20 bits per heavy atom. The lowest BCUT2D eigenvalue weighted by atomic mass is 10.1. The van der Waals surface area contributed by atoms with Crippen LogP contribution in [0.3, 0.4) is 0 Å². The summed E-state index contributed by atoms with van der Waals surface area (Å²) in [5.41, 5.74) is 1.63. The van der Waals surface area contributed by atoms with Gasteiger partial charge in [-0.05, 0) is 24.1 Å². The Labute approximate surface area is 95.6 Å². The molecular weight excluding hydrogens is 266 g/mol. The van der Waals surface area contributed by atoms with Crippen molar-refractivity contribution >= 4 is 15.9 Å². The van der Waals surface area contributed by atoms with Gasteiger partial charge in [0.2, 0.25) is 0 Å². The number of rotatable bonds is 2. The molecule has 1 nitrogen and oxygen atoms in total. The van der Waals surface area contributed by atoms with Crippen LogP contribution in [-0.4, -0.2) is 12.5 Å². The van der Waals surface area contributed by atoms with Crippen molar-refractivity contribution in [3.05, 3.63) is 29.3 Å². The minimum Gasteiger partial charge on any atom is -0.490 e. The molecule has 0 fully saturated rings. The first-order valence-corrected chi connectivity index (χ1v) is 5.71. The van der Waals surface area contributed by atoms with Crippen LogP contribution >= 0.6 is 15.9 Å². The van der Waals surface area contributed by atoms with Gasteiger partial charge in [-0.25, -0.2) is 8.78 Å². The van der Waals surface area contributed by atoms with Crippen molar-refractivity contribution in [2.24, 2.45) is 0 Å². The van der Waals surface area contributed by atoms with E-state index in [9.17, 15) is 8.78 Å². The molecule has 1 aliphatic heterocycles. The summed E-state index contributed by atoms with van der Waals surface area (Å²) in [6, 6.07) is 5.25. The van der Waals surface area contributed by atoms with Crippen molar-refractivity contribution in [2.45, 2.75) is 30.7 Å². The highest BCUT2D eigenvalue weighted by Crippen LogP contribution is 2.35. The summed E-state index contributed by atoms with van der Waals surface area (Å²) in [7, 11) is 0. The van der Waals surface area contributed by atoms with Crippen molar-refractivity contribution in [3.8, 4) is 5.75 Å². The zero-order valence-electron chi connectivity index (χ0n) is 8.21. The van der Waals surface area contributed by atoms with Gasteiger partial charge < -0.3 is 4.74 Å². The molecule has 1 aromatic rings. The topological polar surface area (TPSA) is 9.23 Å². The van der Waals surface area contributed by atoms with E-state index >= 15 is 0 Å². The lowest BCUT2D eigenvalue weighted by Crippen LogP contribution is -2.05. The molecule has 1 aromatic carbocycles. The van der Waals surface area contributed by atoms with Crippen molar-refractivity contribution in [2.75, 3.05) is 0 Å². The predicted molar refractivity (Wildman–Crippen MR) is 57.9 cm³/mol. The van der Waals surface area contributed by atoms with Gasteiger partial charge in [-0.15, -0.1) is 0 Å². The molecule has 15 heavy (non-hydrogen) atoms. The zero-order chi connectivity index (χ0) is 11.0. The van der Waals surface area contributed by atoms with Crippen LogP contribution in [-0.2, 0) is 6.42 Å². The van der Waals surface area contributed by atoms with E-state index in [1.165, 1.54) is 0 Å². The average molecular weight is 277 g/mol. The molecule has 0 amide bonds. The van der Waals surface area contributed by atoms with Crippen LogP contribution in [0.15, 0.2) is 18.2 Å². The fourth-order valence-corrected chi connectivity index (χ4v) is 2.04. The summed E-state index contributed by atoms with van der Waals surface area (Å²) in [5.74, 6) is 0.820.